The van der Waals surface area contributed by atoms with E-state index in [1.165, 1.54) is 0 Å². The van der Waals surface area contributed by atoms with Gasteiger partial charge in [-0.1, -0.05) is 26.8 Å². The monoisotopic (exact) mass is 268 g/mol. The molecular weight excluding hydrogens is 236 g/mol. The van der Waals surface area contributed by atoms with E-state index in [1.807, 2.05) is 14.0 Å². The van der Waals surface area contributed by atoms with Crippen LogP contribution in [0.25, 0.3) is 0 Å². The van der Waals surface area contributed by atoms with Gasteiger partial charge in [-0.25, -0.2) is 0 Å². The molecule has 0 bridgehead atoms. The predicted octanol–water partition coefficient (Wildman–Crippen LogP) is 3.26. The largest absolute Gasteiger partial charge is 0.385 e. The van der Waals surface area contributed by atoms with Gasteiger partial charge in [0.05, 0.1) is 0 Å². The van der Waals surface area contributed by atoms with Crippen molar-refractivity contribution in [2.24, 2.45) is 5.92 Å². The minimum atomic E-state index is 0.299. The first-order chi connectivity index (χ1) is 8.92. The molecule has 0 fully saturated rings. The molecule has 112 valence electrons. The second kappa shape index (κ2) is 10.0. The van der Waals surface area contributed by atoms with Crippen molar-refractivity contribution in [1.29, 1.82) is 0 Å². The number of allylic oxidation sites excluding steroid dienone is 1. The summed E-state index contributed by atoms with van der Waals surface area (Å²) in [5.41, 5.74) is 1.02. The van der Waals surface area contributed by atoms with Gasteiger partial charge in [0, 0.05) is 24.2 Å². The third-order valence-corrected chi connectivity index (χ3v) is 3.69. The third-order valence-electron chi connectivity index (χ3n) is 3.69. The van der Waals surface area contributed by atoms with Crippen LogP contribution in [-0.2, 0) is 4.79 Å². The van der Waals surface area contributed by atoms with E-state index in [0.717, 1.165) is 37.8 Å². The molecule has 0 aliphatic heterocycles. The number of carbonyl (C=O) groups is 1. The second-order valence-electron chi connectivity index (χ2n) is 5.68. The highest BCUT2D eigenvalue weighted by Gasteiger charge is 2.23. The summed E-state index contributed by atoms with van der Waals surface area (Å²) in [7, 11) is 2.03. The number of likely N-dealkylation sites (N-methyl/N-ethyl adjacent to an activating group) is 1. The molecule has 0 rings (SSSR count). The molecule has 0 aromatic carbocycles. The summed E-state index contributed by atoms with van der Waals surface area (Å²) in [4.78, 5) is 10.9. The summed E-state index contributed by atoms with van der Waals surface area (Å²) in [6.45, 7) is 12.1. The average molecular weight is 268 g/mol. The Bertz CT molecular complexity index is 276. The highest BCUT2D eigenvalue weighted by atomic mass is 16.1. The van der Waals surface area contributed by atoms with Gasteiger partial charge >= 0.3 is 0 Å². The molecular formula is C16H32N2O. The summed E-state index contributed by atoms with van der Waals surface area (Å²) in [6, 6.07) is 0.865. The number of rotatable bonds is 11. The van der Waals surface area contributed by atoms with Crippen LogP contribution < -0.4 is 10.6 Å². The molecule has 0 heterocycles. The molecule has 0 aromatic rings. The SMILES string of the molecule is C=C(C)NC(CC)C(NC)[C@@H](C)CCCCC(C)=O. The maximum Gasteiger partial charge on any atom is 0.129 e. The van der Waals surface area contributed by atoms with E-state index in [0.29, 0.717) is 23.8 Å². The first-order valence-corrected chi connectivity index (χ1v) is 7.51. The highest BCUT2D eigenvalue weighted by Crippen LogP contribution is 2.18. The fourth-order valence-electron chi connectivity index (χ4n) is 2.66. The van der Waals surface area contributed by atoms with E-state index < -0.39 is 0 Å². The average Bonchev–Trinajstić information content (AvgIpc) is 2.33. The first kappa shape index (κ1) is 18.2. The summed E-state index contributed by atoms with van der Waals surface area (Å²) in [5.74, 6) is 0.891. The molecule has 0 aliphatic carbocycles. The van der Waals surface area contributed by atoms with Gasteiger partial charge in [0.25, 0.3) is 0 Å². The van der Waals surface area contributed by atoms with E-state index in [2.05, 4.69) is 31.1 Å². The Labute approximate surface area is 119 Å². The van der Waals surface area contributed by atoms with Gasteiger partial charge < -0.3 is 15.4 Å². The Morgan fingerprint density at radius 3 is 2.32 bits per heavy atom. The molecule has 0 amide bonds. The summed E-state index contributed by atoms with van der Waals surface area (Å²) in [6.07, 6.45) is 5.10. The number of hydrogen-bond acceptors (Lipinski definition) is 3. The van der Waals surface area contributed by atoms with Crippen molar-refractivity contribution < 1.29 is 4.79 Å². The fraction of sp³-hybridized carbons (Fsp3) is 0.812. The number of nitrogens with one attached hydrogen (secondary N) is 2. The number of hydrogen-bond donors (Lipinski definition) is 2. The van der Waals surface area contributed by atoms with E-state index in [4.69, 9.17) is 0 Å². The van der Waals surface area contributed by atoms with Crippen LogP contribution in [0.15, 0.2) is 12.3 Å². The minimum Gasteiger partial charge on any atom is -0.385 e. The zero-order valence-electron chi connectivity index (χ0n) is 13.4. The van der Waals surface area contributed by atoms with Crippen LogP contribution in [0.1, 0.15) is 59.8 Å². The normalized spacial score (nSPS) is 15.6. The standard InChI is InChI=1S/C16H32N2O/c1-7-15(18-12(2)3)16(17-6)13(4)10-8-9-11-14(5)19/h13,15-18H,2,7-11H2,1,3-6H3/t13-,15?,16?/m0/s1. The van der Waals surface area contributed by atoms with Crippen molar-refractivity contribution in [2.45, 2.75) is 71.9 Å². The number of carbonyl (C=O) groups excluding carboxylic acids is 1. The molecule has 0 saturated heterocycles. The van der Waals surface area contributed by atoms with E-state index >= 15 is 0 Å². The lowest BCUT2D eigenvalue weighted by molar-refractivity contribution is -0.117. The Kier molecular flexibility index (Phi) is 9.58. The van der Waals surface area contributed by atoms with Crippen molar-refractivity contribution in [3.8, 4) is 0 Å². The van der Waals surface area contributed by atoms with Crippen LogP contribution in [-0.4, -0.2) is 24.9 Å². The zero-order chi connectivity index (χ0) is 14.8. The molecule has 19 heavy (non-hydrogen) atoms. The van der Waals surface area contributed by atoms with E-state index in [9.17, 15) is 4.79 Å². The van der Waals surface area contributed by atoms with Crippen LogP contribution in [0.3, 0.4) is 0 Å². The quantitative estimate of drug-likeness (QED) is 0.565. The Balaban J connectivity index is 4.24. The van der Waals surface area contributed by atoms with Crippen molar-refractivity contribution in [3.05, 3.63) is 12.3 Å². The highest BCUT2D eigenvalue weighted by molar-refractivity contribution is 5.75. The molecule has 3 nitrogen and oxygen atoms in total. The van der Waals surface area contributed by atoms with Gasteiger partial charge in [0.15, 0.2) is 0 Å². The Morgan fingerprint density at radius 1 is 1.26 bits per heavy atom. The van der Waals surface area contributed by atoms with E-state index in [1.54, 1.807) is 6.92 Å². The number of ketones is 1. The number of Topliss-reactive ketones (excluding diaryl/α,β-unsaturated/α-hetero) is 1. The molecule has 3 heteroatoms. The first-order valence-electron chi connectivity index (χ1n) is 7.51. The lowest BCUT2D eigenvalue weighted by Gasteiger charge is -2.32. The number of unbranched alkanes of at least 4 members (excludes halogenated alkanes) is 1. The molecule has 3 atom stereocenters. The van der Waals surface area contributed by atoms with Crippen LogP contribution in [0, 0.1) is 5.92 Å². The van der Waals surface area contributed by atoms with Gasteiger partial charge in [-0.2, -0.15) is 0 Å². The Morgan fingerprint density at radius 2 is 1.89 bits per heavy atom. The van der Waals surface area contributed by atoms with Gasteiger partial charge in [-0.05, 0) is 46.1 Å². The molecule has 0 saturated carbocycles. The van der Waals surface area contributed by atoms with Crippen LogP contribution >= 0.6 is 0 Å². The maximum atomic E-state index is 10.9. The van der Waals surface area contributed by atoms with Crippen molar-refractivity contribution in [2.75, 3.05) is 7.05 Å². The van der Waals surface area contributed by atoms with Gasteiger partial charge in [0.1, 0.15) is 5.78 Å². The smallest absolute Gasteiger partial charge is 0.129 e. The molecule has 2 N–H and O–H groups in total. The molecule has 2 unspecified atom stereocenters. The Hall–Kier alpha value is -0.830. The van der Waals surface area contributed by atoms with Gasteiger partial charge in [0.2, 0.25) is 0 Å². The fourth-order valence-corrected chi connectivity index (χ4v) is 2.66. The van der Waals surface area contributed by atoms with Crippen molar-refractivity contribution in [1.82, 2.24) is 10.6 Å². The third kappa shape index (κ3) is 8.04. The van der Waals surface area contributed by atoms with Crippen molar-refractivity contribution >= 4 is 5.78 Å². The topological polar surface area (TPSA) is 41.1 Å². The summed E-state index contributed by atoms with van der Waals surface area (Å²) >= 11 is 0. The van der Waals surface area contributed by atoms with E-state index in [-0.39, 0.29) is 0 Å². The maximum absolute atomic E-state index is 10.9. The van der Waals surface area contributed by atoms with Crippen molar-refractivity contribution in [3.63, 3.8) is 0 Å². The summed E-state index contributed by atoms with van der Waals surface area (Å²) < 4.78 is 0. The molecule has 0 radical (unpaired) electrons. The van der Waals surface area contributed by atoms with Gasteiger partial charge in [-0.15, -0.1) is 0 Å². The lowest BCUT2D eigenvalue weighted by atomic mass is 9.88. The summed E-state index contributed by atoms with van der Waals surface area (Å²) in [5, 5.41) is 6.90. The molecule has 0 spiro atoms. The molecule has 0 aromatic heterocycles. The van der Waals surface area contributed by atoms with Crippen LogP contribution in [0.5, 0.6) is 0 Å². The molecule has 0 aliphatic rings. The van der Waals surface area contributed by atoms with Crippen LogP contribution in [0.4, 0.5) is 0 Å². The van der Waals surface area contributed by atoms with Crippen LogP contribution in [0.2, 0.25) is 0 Å². The lowest BCUT2D eigenvalue weighted by Crippen LogP contribution is -2.49. The van der Waals surface area contributed by atoms with Gasteiger partial charge in [-0.3, -0.25) is 0 Å². The minimum absolute atomic E-state index is 0.299. The second-order valence-corrected chi connectivity index (χ2v) is 5.68. The zero-order valence-corrected chi connectivity index (χ0v) is 13.4. The predicted molar refractivity (Wildman–Crippen MR) is 83.2 cm³/mol.